The summed E-state index contributed by atoms with van der Waals surface area (Å²) in [5, 5.41) is 2.64. The summed E-state index contributed by atoms with van der Waals surface area (Å²) >= 11 is 1.87. The maximum Gasteiger partial charge on any atom is 0.132 e. The average Bonchev–Trinajstić information content (AvgIpc) is 3.91. The van der Waals surface area contributed by atoms with Gasteiger partial charge in [0, 0.05) is 53.8 Å². The number of nitrogens with zero attached hydrogens (tertiary/aromatic N) is 1. The van der Waals surface area contributed by atoms with E-state index >= 15 is 0 Å². The first-order valence-corrected chi connectivity index (χ1v) is 22.0. The number of hydrogen-bond donors (Lipinski definition) is 0. The minimum absolute atomic E-state index is 0.145. The van der Waals surface area contributed by atoms with E-state index in [1.807, 2.05) is 11.3 Å². The Kier molecular flexibility index (Phi) is 7.19. The molecule has 1 spiro atoms. The Morgan fingerprint density at radius 1 is 0.393 bits per heavy atom. The number of thiophene rings is 1. The second-order valence-corrected chi connectivity index (χ2v) is 18.3. The third-order valence-corrected chi connectivity index (χ3v) is 14.9. The highest BCUT2D eigenvalue weighted by Crippen LogP contribution is 2.63. The minimum Gasteiger partial charge on any atom is -0.457 e. The van der Waals surface area contributed by atoms with Crippen LogP contribution in [0.4, 0.5) is 17.1 Å². The topological polar surface area (TPSA) is 12.5 Å². The van der Waals surface area contributed by atoms with Gasteiger partial charge in [0.25, 0.3) is 0 Å². The average molecular weight is 798 g/mol. The lowest BCUT2D eigenvalue weighted by Gasteiger charge is -2.40. The highest BCUT2D eigenvalue weighted by Gasteiger charge is 2.51. The van der Waals surface area contributed by atoms with Gasteiger partial charge >= 0.3 is 0 Å². The third kappa shape index (κ3) is 4.73. The van der Waals surface area contributed by atoms with Crippen LogP contribution in [0.2, 0.25) is 0 Å². The summed E-state index contributed by atoms with van der Waals surface area (Å²) in [6.07, 6.45) is 0. The molecule has 1 aromatic heterocycles. The zero-order valence-corrected chi connectivity index (χ0v) is 34.6. The van der Waals surface area contributed by atoms with Crippen molar-refractivity contribution in [3.63, 3.8) is 0 Å². The lowest BCUT2D eigenvalue weighted by molar-refractivity contribution is 0.436. The molecule has 0 fully saturated rings. The maximum absolute atomic E-state index is 6.87. The van der Waals surface area contributed by atoms with Crippen molar-refractivity contribution in [1.82, 2.24) is 0 Å². The monoisotopic (exact) mass is 797 g/mol. The Bertz CT molecular complexity index is 3400. The van der Waals surface area contributed by atoms with Gasteiger partial charge in [0.05, 0.1) is 5.41 Å². The molecule has 0 saturated carbocycles. The van der Waals surface area contributed by atoms with Crippen LogP contribution in [0.3, 0.4) is 0 Å². The van der Waals surface area contributed by atoms with Crippen molar-refractivity contribution in [3.8, 4) is 44.9 Å². The molecule has 2 nitrogen and oxygen atoms in total. The first-order chi connectivity index (χ1) is 30.0. The van der Waals surface area contributed by atoms with E-state index in [1.165, 1.54) is 81.4 Å². The van der Waals surface area contributed by atoms with Crippen molar-refractivity contribution in [3.05, 3.63) is 234 Å². The smallest absolute Gasteiger partial charge is 0.132 e. The number of hydrogen-bond acceptors (Lipinski definition) is 3. The molecule has 288 valence electrons. The predicted molar refractivity (Wildman–Crippen MR) is 254 cm³/mol. The fourth-order valence-corrected chi connectivity index (χ4v) is 12.2. The molecule has 0 bridgehead atoms. The molecule has 3 aliphatic rings. The highest BCUT2D eigenvalue weighted by atomic mass is 32.1. The Labute approximate surface area is 359 Å². The molecular weight excluding hydrogens is 759 g/mol. The molecule has 2 heterocycles. The standard InChI is InChI=1S/C58H39NOS/c1-57(2)46-19-7-3-14-41(46)44-32-30-38(34-50(44)57)59(37-28-26-36(27-29-37)40-18-13-25-55-56(40)45-17-6-12-24-54(45)61-55)39-31-33-53-51(35-39)58(49-22-10-11-23-52(49)60-53)47-20-8-4-15-42(47)43-16-5-9-21-48(43)58/h3-35H,1-2H3. The molecule has 10 aromatic rings. The zero-order chi connectivity index (χ0) is 40.5. The van der Waals surface area contributed by atoms with Gasteiger partial charge in [-0.3, -0.25) is 0 Å². The van der Waals surface area contributed by atoms with Crippen LogP contribution in [0.15, 0.2) is 200 Å². The van der Waals surface area contributed by atoms with Gasteiger partial charge in [0.1, 0.15) is 11.5 Å². The van der Waals surface area contributed by atoms with E-state index in [9.17, 15) is 0 Å². The summed E-state index contributed by atoms with van der Waals surface area (Å²) in [6.45, 7) is 4.73. The van der Waals surface area contributed by atoms with Crippen molar-refractivity contribution in [2.75, 3.05) is 4.90 Å². The molecule has 1 aliphatic heterocycles. The van der Waals surface area contributed by atoms with Crippen LogP contribution >= 0.6 is 11.3 Å². The maximum atomic E-state index is 6.87. The summed E-state index contributed by atoms with van der Waals surface area (Å²) < 4.78 is 9.50. The van der Waals surface area contributed by atoms with Gasteiger partial charge in [-0.05, 0) is 116 Å². The summed E-state index contributed by atoms with van der Waals surface area (Å²) in [4.78, 5) is 2.45. The third-order valence-electron chi connectivity index (χ3n) is 13.8. The first kappa shape index (κ1) is 34.6. The number of benzene rings is 9. The minimum atomic E-state index is -0.563. The van der Waals surface area contributed by atoms with E-state index in [-0.39, 0.29) is 5.41 Å². The number of anilines is 3. The molecule has 0 N–H and O–H groups in total. The van der Waals surface area contributed by atoms with Crippen LogP contribution in [0, 0.1) is 0 Å². The van der Waals surface area contributed by atoms with Crippen LogP contribution in [0.25, 0.3) is 53.6 Å². The molecule has 0 atom stereocenters. The number of ether oxygens (including phenoxy) is 1. The lowest BCUT2D eigenvalue weighted by atomic mass is 9.66. The van der Waals surface area contributed by atoms with Crippen molar-refractivity contribution in [2.45, 2.75) is 24.7 Å². The Balaban J connectivity index is 1.03. The van der Waals surface area contributed by atoms with E-state index in [4.69, 9.17) is 4.74 Å². The molecule has 2 aliphatic carbocycles. The molecule has 0 amide bonds. The molecule has 3 heteroatoms. The highest BCUT2D eigenvalue weighted by molar-refractivity contribution is 7.25. The van der Waals surface area contributed by atoms with E-state index in [1.54, 1.807) is 0 Å². The van der Waals surface area contributed by atoms with Gasteiger partial charge in [-0.1, -0.05) is 153 Å². The van der Waals surface area contributed by atoms with Crippen molar-refractivity contribution >= 4 is 48.6 Å². The van der Waals surface area contributed by atoms with Crippen molar-refractivity contribution in [1.29, 1.82) is 0 Å². The molecular formula is C58H39NOS. The van der Waals surface area contributed by atoms with Gasteiger partial charge < -0.3 is 9.64 Å². The first-order valence-electron chi connectivity index (χ1n) is 21.2. The quantitative estimate of drug-likeness (QED) is 0.176. The molecule has 9 aromatic carbocycles. The normalized spacial score (nSPS) is 14.5. The van der Waals surface area contributed by atoms with Crippen LogP contribution in [0.5, 0.6) is 11.5 Å². The second-order valence-electron chi connectivity index (χ2n) is 17.2. The van der Waals surface area contributed by atoms with Gasteiger partial charge in [0.2, 0.25) is 0 Å². The predicted octanol–water partition coefficient (Wildman–Crippen LogP) is 16.0. The summed E-state index contributed by atoms with van der Waals surface area (Å²) in [6, 6.07) is 74.0. The van der Waals surface area contributed by atoms with E-state index in [2.05, 4.69) is 219 Å². The summed E-state index contributed by atoms with van der Waals surface area (Å²) in [5.74, 6) is 1.78. The Morgan fingerprint density at radius 2 is 0.918 bits per heavy atom. The largest absolute Gasteiger partial charge is 0.457 e. The molecule has 13 rings (SSSR count). The Morgan fingerprint density at radius 3 is 1.67 bits per heavy atom. The number of rotatable bonds is 4. The van der Waals surface area contributed by atoms with Crippen LogP contribution in [-0.4, -0.2) is 0 Å². The fourth-order valence-electron chi connectivity index (χ4n) is 11.1. The van der Waals surface area contributed by atoms with Crippen LogP contribution in [0.1, 0.15) is 47.2 Å². The number of para-hydroxylation sites is 1. The molecule has 0 unspecified atom stereocenters. The molecule has 61 heavy (non-hydrogen) atoms. The van der Waals surface area contributed by atoms with E-state index in [0.717, 1.165) is 34.1 Å². The SMILES string of the molecule is CC1(C)c2ccccc2-c2ccc(N(c3ccc(-c4cccc5sc6ccccc6c45)cc3)c3ccc4c(c3)C3(c5ccccc5O4)c4ccccc4-c4ccccc43)cc21. The summed E-state index contributed by atoms with van der Waals surface area (Å²) in [7, 11) is 0. The Hall–Kier alpha value is -7.20. The van der Waals surface area contributed by atoms with Gasteiger partial charge in [-0.25, -0.2) is 0 Å². The van der Waals surface area contributed by atoms with E-state index < -0.39 is 5.41 Å². The van der Waals surface area contributed by atoms with Crippen LogP contribution < -0.4 is 9.64 Å². The van der Waals surface area contributed by atoms with E-state index in [0.29, 0.717) is 0 Å². The van der Waals surface area contributed by atoms with Gasteiger partial charge in [-0.2, -0.15) is 0 Å². The summed E-state index contributed by atoms with van der Waals surface area (Å²) in [5.41, 5.74) is 17.8. The number of fused-ring (bicyclic) bond motifs is 15. The van der Waals surface area contributed by atoms with Crippen molar-refractivity contribution in [2.24, 2.45) is 0 Å². The van der Waals surface area contributed by atoms with Crippen LogP contribution in [-0.2, 0) is 10.8 Å². The molecule has 0 radical (unpaired) electrons. The fraction of sp³-hybridized carbons (Fsp3) is 0.0690. The van der Waals surface area contributed by atoms with Gasteiger partial charge in [0.15, 0.2) is 0 Å². The van der Waals surface area contributed by atoms with Gasteiger partial charge in [-0.15, -0.1) is 11.3 Å². The zero-order valence-electron chi connectivity index (χ0n) is 33.8. The van der Waals surface area contributed by atoms with Crippen molar-refractivity contribution < 1.29 is 4.74 Å². The lowest BCUT2D eigenvalue weighted by Crippen LogP contribution is -2.32. The second kappa shape index (κ2) is 12.7. The molecule has 0 saturated heterocycles.